The van der Waals surface area contributed by atoms with Crippen LogP contribution in [0, 0.1) is 0 Å². The van der Waals surface area contributed by atoms with Gasteiger partial charge in [0.2, 0.25) is 5.91 Å². The van der Waals surface area contributed by atoms with Crippen LogP contribution in [0.3, 0.4) is 0 Å². The zero-order valence-electron chi connectivity index (χ0n) is 14.8. The lowest BCUT2D eigenvalue weighted by atomic mass is 10.00. The number of carbonyl (C=O) groups excluding carboxylic acids is 1. The first-order valence-corrected chi connectivity index (χ1v) is 8.92. The fourth-order valence-electron chi connectivity index (χ4n) is 3.19. The molecular formula is C20H16N6O2. The Labute approximate surface area is 160 Å². The number of benzene rings is 2. The van der Waals surface area contributed by atoms with Crippen molar-refractivity contribution in [2.45, 2.75) is 18.3 Å². The number of amides is 1. The highest BCUT2D eigenvalue weighted by Gasteiger charge is 2.53. The van der Waals surface area contributed by atoms with Gasteiger partial charge >= 0.3 is 0 Å². The molecule has 1 saturated carbocycles. The van der Waals surface area contributed by atoms with Crippen molar-refractivity contribution in [3.63, 3.8) is 0 Å². The zero-order chi connectivity index (χ0) is 19.0. The van der Waals surface area contributed by atoms with Gasteiger partial charge in [-0.3, -0.25) is 4.79 Å². The second-order valence-electron chi connectivity index (χ2n) is 6.78. The zero-order valence-corrected chi connectivity index (χ0v) is 14.8. The van der Waals surface area contributed by atoms with Gasteiger partial charge in [0, 0.05) is 17.3 Å². The molecule has 0 radical (unpaired) electrons. The molecule has 8 nitrogen and oxygen atoms in total. The Morgan fingerprint density at radius 3 is 2.54 bits per heavy atom. The van der Waals surface area contributed by atoms with E-state index in [4.69, 9.17) is 4.52 Å². The summed E-state index contributed by atoms with van der Waals surface area (Å²) in [6.07, 6.45) is 3.02. The van der Waals surface area contributed by atoms with Crippen molar-refractivity contribution in [3.05, 3.63) is 72.7 Å². The molecule has 0 spiro atoms. The topological polar surface area (TPSA) is 98.7 Å². The summed E-state index contributed by atoms with van der Waals surface area (Å²) < 4.78 is 7.03. The van der Waals surface area contributed by atoms with Crippen molar-refractivity contribution < 1.29 is 9.32 Å². The molecule has 2 heterocycles. The summed E-state index contributed by atoms with van der Waals surface area (Å²) in [5, 5.41) is 18.2. The molecule has 0 bridgehead atoms. The van der Waals surface area contributed by atoms with Crippen molar-refractivity contribution >= 4 is 11.6 Å². The second-order valence-corrected chi connectivity index (χ2v) is 6.78. The molecule has 0 unspecified atom stereocenters. The summed E-state index contributed by atoms with van der Waals surface area (Å²) in [4.78, 5) is 12.9. The molecule has 138 valence electrons. The number of carbonyl (C=O) groups is 1. The van der Waals surface area contributed by atoms with Gasteiger partial charge in [-0.25, -0.2) is 4.68 Å². The molecule has 2 aromatic heterocycles. The maximum absolute atomic E-state index is 12.9. The van der Waals surface area contributed by atoms with Crippen molar-refractivity contribution in [3.8, 4) is 17.0 Å². The lowest BCUT2D eigenvalue weighted by molar-refractivity contribution is -0.118. The number of aromatic nitrogens is 5. The minimum Gasteiger partial charge on any atom is -0.356 e. The Balaban J connectivity index is 1.33. The monoisotopic (exact) mass is 372 g/mol. The molecule has 1 amide bonds. The van der Waals surface area contributed by atoms with Gasteiger partial charge in [0.1, 0.15) is 6.33 Å². The number of anilines is 1. The van der Waals surface area contributed by atoms with Gasteiger partial charge in [-0.05, 0) is 47.5 Å². The van der Waals surface area contributed by atoms with E-state index in [-0.39, 0.29) is 5.91 Å². The quantitative estimate of drug-likeness (QED) is 0.578. The van der Waals surface area contributed by atoms with Gasteiger partial charge in [-0.2, -0.15) is 0 Å². The summed E-state index contributed by atoms with van der Waals surface area (Å²) >= 11 is 0. The molecule has 1 aliphatic rings. The van der Waals surface area contributed by atoms with Crippen LogP contribution in [0.2, 0.25) is 0 Å². The standard InChI is InChI=1S/C20H16N6O2/c27-19(22-15-6-8-16(9-7-15)26-13-21-24-25-26)20(10-11-20)18-12-17(28-23-18)14-4-2-1-3-5-14/h1-9,12-13H,10-11H2,(H,22,27). The summed E-state index contributed by atoms with van der Waals surface area (Å²) in [5.74, 6) is 0.594. The first-order chi connectivity index (χ1) is 13.7. The predicted octanol–water partition coefficient (Wildman–Crippen LogP) is 2.99. The maximum atomic E-state index is 12.9. The molecule has 1 fully saturated rings. The number of rotatable bonds is 5. The Morgan fingerprint density at radius 2 is 1.86 bits per heavy atom. The van der Waals surface area contributed by atoms with E-state index in [0.717, 1.165) is 24.1 Å². The van der Waals surface area contributed by atoms with E-state index in [9.17, 15) is 4.79 Å². The Morgan fingerprint density at radius 1 is 1.07 bits per heavy atom. The fraction of sp³-hybridized carbons (Fsp3) is 0.150. The third-order valence-corrected chi connectivity index (χ3v) is 4.98. The molecule has 0 atom stereocenters. The highest BCUT2D eigenvalue weighted by Crippen LogP contribution is 2.49. The predicted molar refractivity (Wildman–Crippen MR) is 101 cm³/mol. The maximum Gasteiger partial charge on any atom is 0.236 e. The number of hydrogen-bond donors (Lipinski definition) is 1. The van der Waals surface area contributed by atoms with Gasteiger partial charge in [0.15, 0.2) is 5.76 Å². The van der Waals surface area contributed by atoms with Crippen LogP contribution in [0.1, 0.15) is 18.5 Å². The van der Waals surface area contributed by atoms with Gasteiger partial charge in [-0.15, -0.1) is 5.10 Å². The van der Waals surface area contributed by atoms with Crippen LogP contribution < -0.4 is 5.32 Å². The molecule has 2 aromatic carbocycles. The van der Waals surface area contributed by atoms with Gasteiger partial charge in [-0.1, -0.05) is 35.5 Å². The molecule has 8 heteroatoms. The molecule has 4 aromatic rings. The first kappa shape index (κ1) is 16.4. The summed E-state index contributed by atoms with van der Waals surface area (Å²) in [6.45, 7) is 0. The first-order valence-electron chi connectivity index (χ1n) is 8.92. The van der Waals surface area contributed by atoms with E-state index in [1.54, 1.807) is 4.68 Å². The lowest BCUT2D eigenvalue weighted by Crippen LogP contribution is -2.28. The SMILES string of the molecule is O=C(Nc1ccc(-n2cnnn2)cc1)C1(c2cc(-c3ccccc3)on2)CC1. The summed E-state index contributed by atoms with van der Waals surface area (Å²) in [6, 6.07) is 18.9. The van der Waals surface area contributed by atoms with Crippen molar-refractivity contribution in [2.24, 2.45) is 0 Å². The largest absolute Gasteiger partial charge is 0.356 e. The smallest absolute Gasteiger partial charge is 0.236 e. The van der Waals surface area contributed by atoms with Crippen molar-refractivity contribution in [1.82, 2.24) is 25.4 Å². The Bertz CT molecular complexity index is 1100. The average molecular weight is 372 g/mol. The third kappa shape index (κ3) is 2.84. The second kappa shape index (κ2) is 6.41. The Kier molecular flexibility index (Phi) is 3.75. The van der Waals surface area contributed by atoms with Crippen molar-refractivity contribution in [1.29, 1.82) is 0 Å². The summed E-state index contributed by atoms with van der Waals surface area (Å²) in [7, 11) is 0. The molecule has 28 heavy (non-hydrogen) atoms. The summed E-state index contributed by atoms with van der Waals surface area (Å²) in [5.41, 5.74) is 2.52. The van der Waals surface area contributed by atoms with Crippen LogP contribution in [-0.4, -0.2) is 31.3 Å². The number of tetrazole rings is 1. The van der Waals surface area contributed by atoms with Gasteiger partial charge in [0.05, 0.1) is 16.8 Å². The van der Waals surface area contributed by atoms with Crippen molar-refractivity contribution in [2.75, 3.05) is 5.32 Å². The number of nitrogens with zero attached hydrogens (tertiary/aromatic N) is 5. The minimum atomic E-state index is -0.620. The van der Waals surface area contributed by atoms with Gasteiger partial charge < -0.3 is 9.84 Å². The highest BCUT2D eigenvalue weighted by molar-refractivity contribution is 6.01. The van der Waals surface area contributed by atoms with E-state index in [0.29, 0.717) is 17.1 Å². The highest BCUT2D eigenvalue weighted by atomic mass is 16.5. The minimum absolute atomic E-state index is 0.0735. The van der Waals surface area contributed by atoms with E-state index < -0.39 is 5.41 Å². The average Bonchev–Trinajstić information content (AvgIpc) is 3.15. The third-order valence-electron chi connectivity index (χ3n) is 4.98. The Hall–Kier alpha value is -3.81. The van der Waals surface area contributed by atoms with Crippen LogP contribution in [0.4, 0.5) is 5.69 Å². The normalized spacial score (nSPS) is 14.6. The van der Waals surface area contributed by atoms with Crippen LogP contribution in [0.15, 0.2) is 71.5 Å². The van der Waals surface area contributed by atoms with Gasteiger partial charge in [0.25, 0.3) is 0 Å². The molecule has 0 aliphatic heterocycles. The lowest BCUT2D eigenvalue weighted by Gasteiger charge is -2.12. The van der Waals surface area contributed by atoms with E-state index in [2.05, 4.69) is 26.0 Å². The molecular weight excluding hydrogens is 356 g/mol. The fourth-order valence-corrected chi connectivity index (χ4v) is 3.19. The van der Waals surface area contributed by atoms with Crippen LogP contribution >= 0.6 is 0 Å². The molecule has 0 saturated heterocycles. The number of nitrogens with one attached hydrogen (secondary N) is 1. The van der Waals surface area contributed by atoms with E-state index in [1.165, 1.54) is 6.33 Å². The molecule has 5 rings (SSSR count). The van der Waals surface area contributed by atoms with E-state index >= 15 is 0 Å². The molecule has 1 N–H and O–H groups in total. The van der Waals surface area contributed by atoms with Crippen LogP contribution in [-0.2, 0) is 10.2 Å². The van der Waals surface area contributed by atoms with Crippen LogP contribution in [0.25, 0.3) is 17.0 Å². The van der Waals surface area contributed by atoms with Crippen LogP contribution in [0.5, 0.6) is 0 Å². The molecule has 1 aliphatic carbocycles. The van der Waals surface area contributed by atoms with E-state index in [1.807, 2.05) is 60.7 Å². The number of hydrogen-bond acceptors (Lipinski definition) is 6.